The fourth-order valence-electron chi connectivity index (χ4n) is 2.29. The van der Waals surface area contributed by atoms with Crippen molar-refractivity contribution in [2.24, 2.45) is 5.73 Å². The maximum atomic E-state index is 9.95. The van der Waals surface area contributed by atoms with E-state index >= 15 is 0 Å². The van der Waals surface area contributed by atoms with Gasteiger partial charge in [-0.1, -0.05) is 17.7 Å². The summed E-state index contributed by atoms with van der Waals surface area (Å²) in [4.78, 5) is 2.23. The van der Waals surface area contributed by atoms with Gasteiger partial charge in [-0.25, -0.2) is 0 Å². The molecule has 3 N–H and O–H groups in total. The van der Waals surface area contributed by atoms with Gasteiger partial charge in [-0.05, 0) is 44.4 Å². The molecule has 1 aromatic rings. The Hall–Kier alpha value is -0.770. The molecule has 1 atom stereocenters. The molecule has 0 saturated carbocycles. The minimum atomic E-state index is -0.533. The predicted octanol–water partition coefficient (Wildman–Crippen LogP) is 2.71. The van der Waals surface area contributed by atoms with Crippen molar-refractivity contribution in [1.82, 2.24) is 0 Å². The zero-order valence-corrected chi connectivity index (χ0v) is 11.7. The van der Waals surface area contributed by atoms with Crippen LogP contribution in [0.4, 0.5) is 5.69 Å². The van der Waals surface area contributed by atoms with Crippen molar-refractivity contribution >= 4 is 17.3 Å². The molecule has 0 radical (unpaired) electrons. The van der Waals surface area contributed by atoms with Crippen molar-refractivity contribution in [2.45, 2.75) is 38.3 Å². The van der Waals surface area contributed by atoms with Crippen molar-refractivity contribution < 1.29 is 5.11 Å². The zero-order valence-electron chi connectivity index (χ0n) is 11.0. The third-order valence-electron chi connectivity index (χ3n) is 3.68. The zero-order chi connectivity index (χ0) is 13.3. The van der Waals surface area contributed by atoms with Crippen molar-refractivity contribution in [2.75, 3.05) is 18.0 Å². The molecule has 0 spiro atoms. The van der Waals surface area contributed by atoms with Crippen molar-refractivity contribution in [1.29, 1.82) is 0 Å². The van der Waals surface area contributed by atoms with Gasteiger partial charge in [0.15, 0.2) is 0 Å². The van der Waals surface area contributed by atoms with Gasteiger partial charge in [-0.15, -0.1) is 0 Å². The van der Waals surface area contributed by atoms with Crippen molar-refractivity contribution in [3.63, 3.8) is 0 Å². The maximum absolute atomic E-state index is 9.95. The monoisotopic (exact) mass is 268 g/mol. The highest BCUT2D eigenvalue weighted by atomic mass is 35.5. The molecule has 1 aromatic carbocycles. The van der Waals surface area contributed by atoms with E-state index in [0.717, 1.165) is 42.2 Å². The number of nitrogens with two attached hydrogens (primary N) is 1. The lowest BCUT2D eigenvalue weighted by molar-refractivity contribution is 0.0351. The number of aliphatic hydroxyl groups is 1. The lowest BCUT2D eigenvalue weighted by Crippen LogP contribution is -2.42. The Morgan fingerprint density at radius 1 is 1.39 bits per heavy atom. The Balaban J connectivity index is 2.15. The van der Waals surface area contributed by atoms with Crippen molar-refractivity contribution in [3.8, 4) is 0 Å². The Bertz CT molecular complexity index is 422. The number of benzene rings is 1. The van der Waals surface area contributed by atoms with Crippen LogP contribution >= 0.6 is 11.6 Å². The number of hydrogen-bond acceptors (Lipinski definition) is 3. The second-order valence-corrected chi connectivity index (χ2v) is 5.89. The van der Waals surface area contributed by atoms with E-state index in [1.54, 1.807) is 0 Å². The second kappa shape index (κ2) is 5.08. The lowest BCUT2D eigenvalue weighted by atomic mass is 9.93. The fraction of sp³-hybridized carbons (Fsp3) is 0.571. The molecule has 3 nitrogen and oxygen atoms in total. The average Bonchev–Trinajstić information content (AvgIpc) is 2.29. The number of anilines is 1. The molecule has 1 fully saturated rings. The Morgan fingerprint density at radius 2 is 2.00 bits per heavy atom. The summed E-state index contributed by atoms with van der Waals surface area (Å²) in [6.45, 7) is 5.52. The van der Waals surface area contributed by atoms with E-state index in [-0.39, 0.29) is 6.04 Å². The van der Waals surface area contributed by atoms with E-state index in [0.29, 0.717) is 0 Å². The molecule has 1 heterocycles. The average molecular weight is 269 g/mol. The highest BCUT2D eigenvalue weighted by molar-refractivity contribution is 6.33. The molecule has 4 heteroatoms. The maximum Gasteiger partial charge on any atom is 0.0653 e. The summed E-state index contributed by atoms with van der Waals surface area (Å²) in [6, 6.07) is 5.99. The van der Waals surface area contributed by atoms with Crippen molar-refractivity contribution in [3.05, 3.63) is 28.8 Å². The molecule has 0 bridgehead atoms. The molecular weight excluding hydrogens is 248 g/mol. The first-order valence-electron chi connectivity index (χ1n) is 6.41. The number of hydrogen-bond donors (Lipinski definition) is 2. The number of nitrogens with zero attached hydrogens (tertiary/aromatic N) is 1. The first-order chi connectivity index (χ1) is 8.39. The molecule has 0 aliphatic carbocycles. The summed E-state index contributed by atoms with van der Waals surface area (Å²) >= 11 is 6.32. The van der Waals surface area contributed by atoms with Crippen LogP contribution in [0.15, 0.2) is 18.2 Å². The quantitative estimate of drug-likeness (QED) is 0.867. The van der Waals surface area contributed by atoms with Gasteiger partial charge in [0, 0.05) is 19.1 Å². The summed E-state index contributed by atoms with van der Waals surface area (Å²) < 4.78 is 0. The SMILES string of the molecule is CC(N)c1ccc(N2CCC(C)(O)CC2)c(Cl)c1. The minimum Gasteiger partial charge on any atom is -0.390 e. The van der Waals surface area contributed by atoms with Crippen LogP contribution in [0.25, 0.3) is 0 Å². The topological polar surface area (TPSA) is 49.5 Å². The summed E-state index contributed by atoms with van der Waals surface area (Å²) in [7, 11) is 0. The predicted molar refractivity (Wildman–Crippen MR) is 76.1 cm³/mol. The van der Waals surface area contributed by atoms with Crippen LogP contribution in [0.3, 0.4) is 0 Å². The summed E-state index contributed by atoms with van der Waals surface area (Å²) in [6.07, 6.45) is 1.55. The van der Waals surface area contributed by atoms with Gasteiger partial charge in [0.05, 0.1) is 16.3 Å². The third-order valence-corrected chi connectivity index (χ3v) is 3.98. The normalized spacial score (nSPS) is 20.8. The van der Waals surface area contributed by atoms with Gasteiger partial charge in [0.25, 0.3) is 0 Å². The van der Waals surface area contributed by atoms with Crippen LogP contribution in [-0.4, -0.2) is 23.8 Å². The number of halogens is 1. The molecular formula is C14H21ClN2O. The second-order valence-electron chi connectivity index (χ2n) is 5.48. The number of rotatable bonds is 2. The van der Waals surface area contributed by atoms with E-state index in [1.807, 2.05) is 32.0 Å². The highest BCUT2D eigenvalue weighted by Gasteiger charge is 2.28. The molecule has 0 aromatic heterocycles. The molecule has 18 heavy (non-hydrogen) atoms. The van der Waals surface area contributed by atoms with E-state index in [4.69, 9.17) is 17.3 Å². The minimum absolute atomic E-state index is 0.00126. The first-order valence-corrected chi connectivity index (χ1v) is 6.79. The molecule has 1 saturated heterocycles. The molecule has 1 aliphatic heterocycles. The van der Waals surface area contributed by atoms with Crippen LogP contribution in [0.2, 0.25) is 5.02 Å². The summed E-state index contributed by atoms with van der Waals surface area (Å²) in [5, 5.41) is 10.7. The van der Waals surface area contributed by atoms with Gasteiger partial charge in [-0.3, -0.25) is 0 Å². The summed E-state index contributed by atoms with van der Waals surface area (Å²) in [5.41, 5.74) is 7.40. The molecule has 2 rings (SSSR count). The largest absolute Gasteiger partial charge is 0.390 e. The van der Waals surface area contributed by atoms with E-state index in [1.165, 1.54) is 0 Å². The first kappa shape index (κ1) is 13.7. The molecule has 1 aliphatic rings. The van der Waals surface area contributed by atoms with Crippen LogP contribution in [0.1, 0.15) is 38.3 Å². The smallest absolute Gasteiger partial charge is 0.0653 e. The van der Waals surface area contributed by atoms with Gasteiger partial charge >= 0.3 is 0 Å². The Morgan fingerprint density at radius 3 is 2.50 bits per heavy atom. The number of piperidine rings is 1. The van der Waals surface area contributed by atoms with E-state index < -0.39 is 5.60 Å². The van der Waals surface area contributed by atoms with E-state index in [2.05, 4.69) is 4.90 Å². The van der Waals surface area contributed by atoms with Gasteiger partial charge < -0.3 is 15.7 Å². The van der Waals surface area contributed by atoms with Gasteiger partial charge in [0.2, 0.25) is 0 Å². The van der Waals surface area contributed by atoms with Crippen LogP contribution in [0, 0.1) is 0 Å². The summed E-state index contributed by atoms with van der Waals surface area (Å²) in [5.74, 6) is 0. The highest BCUT2D eigenvalue weighted by Crippen LogP contribution is 2.32. The van der Waals surface area contributed by atoms with Gasteiger partial charge in [-0.2, -0.15) is 0 Å². The van der Waals surface area contributed by atoms with E-state index in [9.17, 15) is 5.11 Å². The van der Waals surface area contributed by atoms with Gasteiger partial charge in [0.1, 0.15) is 0 Å². The Labute approximate surface area is 114 Å². The van der Waals surface area contributed by atoms with Crippen LogP contribution < -0.4 is 10.6 Å². The standard InChI is InChI=1S/C14H21ClN2O/c1-10(16)11-3-4-13(12(15)9-11)17-7-5-14(2,18)6-8-17/h3-4,9-10,18H,5-8,16H2,1-2H3. The Kier molecular flexibility index (Phi) is 3.85. The molecule has 100 valence electrons. The third kappa shape index (κ3) is 2.97. The van der Waals surface area contributed by atoms with Crippen LogP contribution in [-0.2, 0) is 0 Å². The molecule has 0 amide bonds. The fourth-order valence-corrected chi connectivity index (χ4v) is 2.60. The molecule has 1 unspecified atom stereocenters. The lowest BCUT2D eigenvalue weighted by Gasteiger charge is -2.37. The van der Waals surface area contributed by atoms with Crippen LogP contribution in [0.5, 0.6) is 0 Å².